The van der Waals surface area contributed by atoms with Gasteiger partial charge >= 0.3 is 0 Å². The van der Waals surface area contributed by atoms with E-state index in [4.69, 9.17) is 14.2 Å². The number of nitrogens with zero attached hydrogens (tertiary/aromatic N) is 1. The second-order valence-electron chi connectivity index (χ2n) is 5.69. The van der Waals surface area contributed by atoms with Crippen molar-refractivity contribution in [1.29, 1.82) is 0 Å². The normalized spacial score (nSPS) is 19.1. The number of aliphatic hydroxyl groups excluding tert-OH is 1. The monoisotopic (exact) mass is 328 g/mol. The molecule has 0 radical (unpaired) electrons. The van der Waals surface area contributed by atoms with E-state index in [1.54, 1.807) is 6.07 Å². The fourth-order valence-electron chi connectivity index (χ4n) is 2.83. The number of hydrogen-bond acceptors (Lipinski definition) is 5. The molecule has 3 rings (SSSR count). The first-order valence-corrected chi connectivity index (χ1v) is 7.74. The molecule has 1 N–H and O–H groups in total. The van der Waals surface area contributed by atoms with Crippen LogP contribution in [0, 0.1) is 0 Å². The third kappa shape index (κ3) is 4.66. The molecule has 22 heavy (non-hydrogen) atoms. The first kappa shape index (κ1) is 17.2. The van der Waals surface area contributed by atoms with Gasteiger partial charge in [-0.05, 0) is 38.1 Å². The number of β-amino-alcohol motifs (C(OH)–C–C–N with tert-alkyl or cyclic N) is 1. The molecule has 2 aliphatic rings. The van der Waals surface area contributed by atoms with E-state index >= 15 is 0 Å². The Morgan fingerprint density at radius 3 is 2.59 bits per heavy atom. The van der Waals surface area contributed by atoms with Crippen LogP contribution in [0.1, 0.15) is 25.7 Å². The number of fused-ring (bicyclic) bond motifs is 1. The summed E-state index contributed by atoms with van der Waals surface area (Å²) in [6.45, 7) is 3.42. The van der Waals surface area contributed by atoms with Crippen LogP contribution in [-0.4, -0.2) is 49.1 Å². The van der Waals surface area contributed by atoms with E-state index in [1.165, 1.54) is 25.7 Å². The van der Waals surface area contributed by atoms with Crippen molar-refractivity contribution in [2.24, 2.45) is 0 Å². The summed E-state index contributed by atoms with van der Waals surface area (Å²) in [6.07, 6.45) is 4.61. The highest BCUT2D eigenvalue weighted by atomic mass is 35.5. The van der Waals surface area contributed by atoms with Gasteiger partial charge in [0, 0.05) is 12.6 Å². The summed E-state index contributed by atoms with van der Waals surface area (Å²) in [7, 11) is 0. The molecule has 6 heteroatoms. The summed E-state index contributed by atoms with van der Waals surface area (Å²) in [4.78, 5) is 2.33. The number of halogens is 1. The highest BCUT2D eigenvalue weighted by Gasteiger charge is 2.16. The Morgan fingerprint density at radius 1 is 1.09 bits per heavy atom. The summed E-state index contributed by atoms with van der Waals surface area (Å²) in [5.74, 6) is 2.15. The molecule has 0 amide bonds. The van der Waals surface area contributed by atoms with Crippen molar-refractivity contribution >= 4 is 0 Å². The van der Waals surface area contributed by atoms with Crippen LogP contribution < -0.4 is 26.6 Å². The molecule has 1 saturated heterocycles. The minimum Gasteiger partial charge on any atom is -1.00 e. The van der Waals surface area contributed by atoms with Crippen molar-refractivity contribution in [3.63, 3.8) is 0 Å². The number of ether oxygens (including phenoxy) is 3. The second kappa shape index (κ2) is 8.46. The van der Waals surface area contributed by atoms with Crippen LogP contribution in [0.25, 0.3) is 0 Å². The lowest BCUT2D eigenvalue weighted by Crippen LogP contribution is -3.00. The molecule has 2 heterocycles. The van der Waals surface area contributed by atoms with Crippen LogP contribution in [0.5, 0.6) is 17.2 Å². The van der Waals surface area contributed by atoms with Gasteiger partial charge in [0.25, 0.3) is 0 Å². The predicted octanol–water partition coefficient (Wildman–Crippen LogP) is -0.965. The van der Waals surface area contributed by atoms with Crippen molar-refractivity contribution in [1.82, 2.24) is 4.90 Å². The van der Waals surface area contributed by atoms with Crippen molar-refractivity contribution < 1.29 is 31.7 Å². The second-order valence-corrected chi connectivity index (χ2v) is 5.69. The lowest BCUT2D eigenvalue weighted by Gasteiger charge is -2.23. The van der Waals surface area contributed by atoms with E-state index in [1.807, 2.05) is 12.1 Å². The van der Waals surface area contributed by atoms with Crippen molar-refractivity contribution in [3.8, 4) is 17.2 Å². The predicted molar refractivity (Wildman–Crippen MR) is 79.0 cm³/mol. The van der Waals surface area contributed by atoms with Gasteiger partial charge in [-0.15, -0.1) is 0 Å². The van der Waals surface area contributed by atoms with Gasteiger partial charge in [-0.2, -0.15) is 0 Å². The maximum Gasteiger partial charge on any atom is 0.231 e. The molecule has 2 aliphatic heterocycles. The quantitative estimate of drug-likeness (QED) is 0.754. The molecule has 1 unspecified atom stereocenters. The number of hydrogen-bond donors (Lipinski definition) is 1. The van der Waals surface area contributed by atoms with Gasteiger partial charge in [0.1, 0.15) is 18.5 Å². The average molecular weight is 329 g/mol. The Morgan fingerprint density at radius 2 is 1.82 bits per heavy atom. The first-order valence-electron chi connectivity index (χ1n) is 7.74. The van der Waals surface area contributed by atoms with Crippen LogP contribution >= 0.6 is 0 Å². The van der Waals surface area contributed by atoms with Crippen LogP contribution in [0.15, 0.2) is 18.2 Å². The summed E-state index contributed by atoms with van der Waals surface area (Å²) in [5.41, 5.74) is 0. The molecule has 0 bridgehead atoms. The van der Waals surface area contributed by atoms with E-state index < -0.39 is 6.10 Å². The third-order valence-corrected chi connectivity index (χ3v) is 3.95. The van der Waals surface area contributed by atoms with Crippen molar-refractivity contribution in [3.05, 3.63) is 18.2 Å². The fraction of sp³-hybridized carbons (Fsp3) is 0.625. The SMILES string of the molecule is OC(COc1ccc2c(c1)OCO2)CN1CCCCCC1.[Cl-]. The molecule has 1 aromatic rings. The lowest BCUT2D eigenvalue weighted by atomic mass is 10.2. The van der Waals surface area contributed by atoms with Crippen molar-refractivity contribution in [2.75, 3.05) is 33.0 Å². The Kier molecular flexibility index (Phi) is 6.61. The molecule has 1 atom stereocenters. The van der Waals surface area contributed by atoms with Gasteiger partial charge in [0.15, 0.2) is 11.5 Å². The summed E-state index contributed by atoms with van der Waals surface area (Å²) in [6, 6.07) is 5.48. The molecule has 1 aromatic carbocycles. The molecule has 0 saturated carbocycles. The van der Waals surface area contributed by atoms with Gasteiger partial charge in [-0.1, -0.05) is 12.8 Å². The molecule has 124 valence electrons. The third-order valence-electron chi connectivity index (χ3n) is 3.95. The number of aliphatic hydroxyl groups is 1. The Labute approximate surface area is 137 Å². The average Bonchev–Trinajstić information content (AvgIpc) is 2.81. The van der Waals surface area contributed by atoms with E-state index in [9.17, 15) is 5.11 Å². The summed E-state index contributed by atoms with van der Waals surface area (Å²) < 4.78 is 16.2. The highest BCUT2D eigenvalue weighted by molar-refractivity contribution is 5.46. The van der Waals surface area contributed by atoms with E-state index in [0.29, 0.717) is 24.7 Å². The highest BCUT2D eigenvalue weighted by Crippen LogP contribution is 2.35. The maximum atomic E-state index is 10.1. The van der Waals surface area contributed by atoms with Crippen LogP contribution in [-0.2, 0) is 0 Å². The number of benzene rings is 1. The van der Waals surface area contributed by atoms with Crippen LogP contribution in [0.2, 0.25) is 0 Å². The minimum absolute atomic E-state index is 0. The van der Waals surface area contributed by atoms with Gasteiger partial charge in [0.2, 0.25) is 6.79 Å². The number of rotatable bonds is 5. The zero-order valence-electron chi connectivity index (χ0n) is 12.7. The minimum atomic E-state index is -0.464. The topological polar surface area (TPSA) is 51.2 Å². The van der Waals surface area contributed by atoms with Crippen LogP contribution in [0.3, 0.4) is 0 Å². The smallest absolute Gasteiger partial charge is 0.231 e. The van der Waals surface area contributed by atoms with E-state index in [-0.39, 0.29) is 19.2 Å². The summed E-state index contributed by atoms with van der Waals surface area (Å²) in [5, 5.41) is 10.1. The largest absolute Gasteiger partial charge is 1.00 e. The van der Waals surface area contributed by atoms with Gasteiger partial charge in [0.05, 0.1) is 0 Å². The maximum absolute atomic E-state index is 10.1. The van der Waals surface area contributed by atoms with Gasteiger partial charge in [-0.3, -0.25) is 0 Å². The Balaban J connectivity index is 0.00000176. The zero-order valence-corrected chi connectivity index (χ0v) is 13.4. The fourth-order valence-corrected chi connectivity index (χ4v) is 2.83. The number of likely N-dealkylation sites (tertiary alicyclic amines) is 1. The molecule has 0 aromatic heterocycles. The van der Waals surface area contributed by atoms with E-state index in [2.05, 4.69) is 4.90 Å². The zero-order chi connectivity index (χ0) is 14.5. The van der Waals surface area contributed by atoms with Crippen molar-refractivity contribution in [2.45, 2.75) is 31.8 Å². The standard InChI is InChI=1S/C16H23NO4.ClH/c18-13(10-17-7-3-1-2-4-8-17)11-19-14-5-6-15-16(9-14)21-12-20-15;/h5-6,9,13,18H,1-4,7-8,10-12H2;1H/p-1. The Hall–Kier alpha value is -1.17. The summed E-state index contributed by atoms with van der Waals surface area (Å²) >= 11 is 0. The molecule has 0 aliphatic carbocycles. The first-order chi connectivity index (χ1) is 10.3. The molecular weight excluding hydrogens is 306 g/mol. The van der Waals surface area contributed by atoms with Gasteiger partial charge in [-0.25, -0.2) is 0 Å². The Bertz CT molecular complexity index is 463. The van der Waals surface area contributed by atoms with Crippen LogP contribution in [0.4, 0.5) is 0 Å². The van der Waals surface area contributed by atoms with Gasteiger partial charge < -0.3 is 36.6 Å². The van der Waals surface area contributed by atoms with E-state index in [0.717, 1.165) is 18.8 Å². The molecule has 0 spiro atoms. The lowest BCUT2D eigenvalue weighted by molar-refractivity contribution is -0.00000812. The molecular formula is C16H23ClNO4-. The molecule has 5 nitrogen and oxygen atoms in total. The molecule has 1 fully saturated rings.